The van der Waals surface area contributed by atoms with Crippen molar-refractivity contribution in [3.63, 3.8) is 0 Å². The van der Waals surface area contributed by atoms with Gasteiger partial charge in [-0.3, -0.25) is 0 Å². The number of carboxylic acid groups (broad SMARTS) is 1. The number of phenols is 2. The summed E-state index contributed by atoms with van der Waals surface area (Å²) >= 11 is 0. The fraction of sp³-hybridized carbons (Fsp3) is 0.233. The average Bonchev–Trinajstić information content (AvgIpc) is 2.93. The number of rotatable bonds is 9. The standard InChI is InChI=1S/C19H25NO4.C11H8O3/c1-13(9-14-3-6-17(24-2)7-4-14)20-11-19(23)15-5-8-18(22)16(10-15)12-21;12-10-8-4-2-1-3-7(8)5-6-9(10)11(13)14/h3-8,10,13,19-23H,9,11-12H2,1-2H3;1-6,12H,(H,13,14). The molecule has 0 aliphatic rings. The van der Waals surface area contributed by atoms with Gasteiger partial charge in [-0.1, -0.05) is 48.5 Å². The third-order valence-corrected chi connectivity index (χ3v) is 6.15. The number of aromatic carboxylic acids is 1. The highest BCUT2D eigenvalue weighted by Gasteiger charge is 2.13. The van der Waals surface area contributed by atoms with E-state index in [0.717, 1.165) is 17.6 Å². The number of nitrogens with one attached hydrogen (secondary N) is 1. The van der Waals surface area contributed by atoms with E-state index in [2.05, 4.69) is 12.2 Å². The third kappa shape index (κ3) is 7.45. The van der Waals surface area contributed by atoms with Crippen molar-refractivity contribution in [1.29, 1.82) is 0 Å². The van der Waals surface area contributed by atoms with Gasteiger partial charge in [-0.15, -0.1) is 0 Å². The highest BCUT2D eigenvalue weighted by Crippen LogP contribution is 2.28. The summed E-state index contributed by atoms with van der Waals surface area (Å²) in [6.45, 7) is 2.20. The van der Waals surface area contributed by atoms with E-state index >= 15 is 0 Å². The lowest BCUT2D eigenvalue weighted by atomic mass is 10.0. The predicted molar refractivity (Wildman–Crippen MR) is 146 cm³/mol. The van der Waals surface area contributed by atoms with Crippen molar-refractivity contribution in [2.24, 2.45) is 0 Å². The first kappa shape index (κ1) is 28.5. The zero-order chi connectivity index (χ0) is 27.7. The average molecular weight is 520 g/mol. The lowest BCUT2D eigenvalue weighted by Gasteiger charge is -2.18. The maximum Gasteiger partial charge on any atom is 0.339 e. The maximum atomic E-state index is 10.7. The lowest BCUT2D eigenvalue weighted by molar-refractivity contribution is 0.0694. The van der Waals surface area contributed by atoms with E-state index in [4.69, 9.17) is 9.84 Å². The number of aromatic hydroxyl groups is 2. The second kappa shape index (κ2) is 13.4. The molecule has 0 saturated carbocycles. The smallest absolute Gasteiger partial charge is 0.339 e. The fourth-order valence-electron chi connectivity index (χ4n) is 3.99. The quantitative estimate of drug-likeness (QED) is 0.191. The molecule has 8 nitrogen and oxygen atoms in total. The second-order valence-electron chi connectivity index (χ2n) is 8.91. The Bertz CT molecular complexity index is 1350. The molecule has 4 aromatic rings. The molecule has 0 aromatic heterocycles. The van der Waals surface area contributed by atoms with Crippen molar-refractivity contribution < 1.29 is 35.1 Å². The van der Waals surface area contributed by atoms with Gasteiger partial charge in [0.2, 0.25) is 0 Å². The molecular weight excluding hydrogens is 486 g/mol. The molecule has 0 saturated heterocycles. The molecular formula is C30H33NO7. The number of carboxylic acids is 1. The molecule has 0 fully saturated rings. The summed E-state index contributed by atoms with van der Waals surface area (Å²) in [4.78, 5) is 10.7. The Hall–Kier alpha value is -4.11. The van der Waals surface area contributed by atoms with Crippen LogP contribution in [0, 0.1) is 0 Å². The van der Waals surface area contributed by atoms with Crippen LogP contribution in [0.4, 0.5) is 0 Å². The molecule has 200 valence electrons. The van der Waals surface area contributed by atoms with Crippen LogP contribution in [0.2, 0.25) is 0 Å². The van der Waals surface area contributed by atoms with E-state index < -0.39 is 12.1 Å². The Balaban J connectivity index is 0.000000241. The topological polar surface area (TPSA) is 139 Å². The molecule has 0 heterocycles. The summed E-state index contributed by atoms with van der Waals surface area (Å²) in [5, 5.41) is 52.1. The molecule has 2 atom stereocenters. The zero-order valence-corrected chi connectivity index (χ0v) is 21.3. The van der Waals surface area contributed by atoms with E-state index in [-0.39, 0.29) is 29.7 Å². The molecule has 4 aromatic carbocycles. The molecule has 0 aliphatic carbocycles. The van der Waals surface area contributed by atoms with Crippen LogP contribution < -0.4 is 10.1 Å². The van der Waals surface area contributed by atoms with Crippen LogP contribution in [0.1, 0.15) is 40.1 Å². The number of hydrogen-bond donors (Lipinski definition) is 6. The number of methoxy groups -OCH3 is 1. The van der Waals surface area contributed by atoms with Crippen LogP contribution in [0.15, 0.2) is 78.9 Å². The van der Waals surface area contributed by atoms with Crippen LogP contribution >= 0.6 is 0 Å². The first-order valence-corrected chi connectivity index (χ1v) is 12.1. The van der Waals surface area contributed by atoms with E-state index in [0.29, 0.717) is 23.1 Å². The van der Waals surface area contributed by atoms with Gasteiger partial charge in [-0.25, -0.2) is 4.79 Å². The van der Waals surface area contributed by atoms with Gasteiger partial charge in [0.25, 0.3) is 0 Å². The van der Waals surface area contributed by atoms with Gasteiger partial charge in [-0.05, 0) is 60.2 Å². The van der Waals surface area contributed by atoms with Crippen molar-refractivity contribution >= 4 is 16.7 Å². The molecule has 0 spiro atoms. The monoisotopic (exact) mass is 519 g/mol. The van der Waals surface area contributed by atoms with Crippen molar-refractivity contribution in [3.8, 4) is 17.2 Å². The van der Waals surface area contributed by atoms with Crippen LogP contribution in [0.5, 0.6) is 17.2 Å². The number of carbonyl (C=O) groups is 1. The molecule has 38 heavy (non-hydrogen) atoms. The van der Waals surface area contributed by atoms with Crippen LogP contribution in [-0.2, 0) is 13.0 Å². The molecule has 0 radical (unpaired) electrons. The summed E-state index contributed by atoms with van der Waals surface area (Å²) in [7, 11) is 1.64. The number of ether oxygens (including phenoxy) is 1. The van der Waals surface area contributed by atoms with Crippen molar-refractivity contribution in [3.05, 3.63) is 101 Å². The van der Waals surface area contributed by atoms with Gasteiger partial charge in [0, 0.05) is 23.5 Å². The van der Waals surface area contributed by atoms with Crippen LogP contribution in [-0.4, -0.2) is 51.2 Å². The first-order valence-electron chi connectivity index (χ1n) is 12.1. The predicted octanol–water partition coefficient (Wildman–Crippen LogP) is 4.39. The fourth-order valence-corrected chi connectivity index (χ4v) is 3.99. The normalized spacial score (nSPS) is 12.3. The zero-order valence-electron chi connectivity index (χ0n) is 21.3. The molecule has 6 N–H and O–H groups in total. The third-order valence-electron chi connectivity index (χ3n) is 6.15. The van der Waals surface area contributed by atoms with Gasteiger partial charge in [-0.2, -0.15) is 0 Å². The Morgan fingerprint density at radius 1 is 0.974 bits per heavy atom. The van der Waals surface area contributed by atoms with Gasteiger partial charge in [0.1, 0.15) is 22.8 Å². The first-order chi connectivity index (χ1) is 18.2. The largest absolute Gasteiger partial charge is 0.508 e. The number of aliphatic hydroxyl groups is 2. The van der Waals surface area contributed by atoms with Gasteiger partial charge in [0.05, 0.1) is 19.8 Å². The molecule has 0 aliphatic heterocycles. The van der Waals surface area contributed by atoms with E-state index in [1.807, 2.05) is 36.4 Å². The molecule has 0 amide bonds. The summed E-state index contributed by atoms with van der Waals surface area (Å²) < 4.78 is 5.15. The molecule has 0 bridgehead atoms. The SMILES string of the molecule is COc1ccc(CC(C)NCC(O)c2ccc(O)c(CO)c2)cc1.O=C(O)c1ccc2ccccc2c1O. The number of aliphatic hydroxyl groups excluding tert-OH is 2. The maximum absolute atomic E-state index is 10.7. The Morgan fingerprint density at radius 2 is 1.68 bits per heavy atom. The summed E-state index contributed by atoms with van der Waals surface area (Å²) in [5.41, 5.74) is 2.21. The second-order valence-corrected chi connectivity index (χ2v) is 8.91. The van der Waals surface area contributed by atoms with Crippen molar-refractivity contribution in [2.75, 3.05) is 13.7 Å². The minimum absolute atomic E-state index is 0.0364. The molecule has 2 unspecified atom stereocenters. The molecule has 8 heteroatoms. The van der Waals surface area contributed by atoms with Gasteiger partial charge < -0.3 is 35.6 Å². The van der Waals surface area contributed by atoms with E-state index in [9.17, 15) is 25.2 Å². The van der Waals surface area contributed by atoms with Crippen LogP contribution in [0.3, 0.4) is 0 Å². The van der Waals surface area contributed by atoms with Crippen molar-refractivity contribution in [2.45, 2.75) is 32.1 Å². The van der Waals surface area contributed by atoms with Crippen LogP contribution in [0.25, 0.3) is 10.8 Å². The molecule has 4 rings (SSSR count). The lowest BCUT2D eigenvalue weighted by Crippen LogP contribution is -2.32. The van der Waals surface area contributed by atoms with Gasteiger partial charge >= 0.3 is 5.97 Å². The Morgan fingerprint density at radius 3 is 2.34 bits per heavy atom. The highest BCUT2D eigenvalue weighted by atomic mass is 16.5. The minimum Gasteiger partial charge on any atom is -0.508 e. The number of fused-ring (bicyclic) bond motifs is 1. The van der Waals surface area contributed by atoms with Gasteiger partial charge in [0.15, 0.2) is 0 Å². The summed E-state index contributed by atoms with van der Waals surface area (Å²) in [6, 6.07) is 23.1. The Labute approximate surface area is 221 Å². The highest BCUT2D eigenvalue weighted by molar-refractivity contribution is 6.00. The number of benzene rings is 4. The van der Waals surface area contributed by atoms with E-state index in [1.54, 1.807) is 37.4 Å². The van der Waals surface area contributed by atoms with Crippen molar-refractivity contribution in [1.82, 2.24) is 5.32 Å². The summed E-state index contributed by atoms with van der Waals surface area (Å²) in [6.07, 6.45) is 0.142. The Kier molecular flexibility index (Phi) is 10.1. The van der Waals surface area contributed by atoms with E-state index in [1.165, 1.54) is 17.7 Å². The summed E-state index contributed by atoms with van der Waals surface area (Å²) in [5.74, 6) is -0.417. The number of hydrogen-bond acceptors (Lipinski definition) is 7. The minimum atomic E-state index is -1.12.